The summed E-state index contributed by atoms with van der Waals surface area (Å²) < 4.78 is 1.87. The van der Waals surface area contributed by atoms with E-state index in [1.165, 1.54) is 5.56 Å². The van der Waals surface area contributed by atoms with E-state index in [1.807, 2.05) is 47.1 Å². The third kappa shape index (κ3) is 4.89. The third-order valence-corrected chi connectivity index (χ3v) is 5.29. The first-order chi connectivity index (χ1) is 14.3. The Morgan fingerprint density at radius 3 is 2.41 bits per heavy atom. The van der Waals surface area contributed by atoms with Crippen molar-refractivity contribution in [2.45, 2.75) is 6.42 Å². The van der Waals surface area contributed by atoms with Crippen LogP contribution in [0.15, 0.2) is 100 Å². The second-order valence-corrected chi connectivity index (χ2v) is 7.37. The molecule has 29 heavy (non-hydrogen) atoms. The molecule has 4 rings (SSSR count). The van der Waals surface area contributed by atoms with E-state index in [4.69, 9.17) is 4.99 Å². The number of phenols is 1. The summed E-state index contributed by atoms with van der Waals surface area (Å²) in [5.41, 5.74) is 4.18. The average Bonchev–Trinajstić information content (AvgIpc) is 3.16. The fourth-order valence-corrected chi connectivity index (χ4v) is 3.85. The molecule has 0 bridgehead atoms. The first-order valence-corrected chi connectivity index (χ1v) is 10.3. The predicted molar refractivity (Wildman–Crippen MR) is 119 cm³/mol. The Morgan fingerprint density at radius 2 is 1.66 bits per heavy atom. The Labute approximate surface area is 173 Å². The zero-order valence-corrected chi connectivity index (χ0v) is 16.7. The summed E-state index contributed by atoms with van der Waals surface area (Å²) in [4.78, 5) is 5.64. The number of nitrogens with zero attached hydrogens (tertiary/aromatic N) is 3. The molecule has 4 nitrogen and oxygen atoms in total. The number of phenolic OH excluding ortho intramolecular Hbond substituents is 1. The standard InChI is InChI=1S/C24H21N3OS/c28-22-13-7-10-20(16-22)17-26-27-23(21-11-5-2-6-12-21)18-29-24(27)25-15-14-19-8-3-1-4-9-19/h1-13,16-18,28H,14-15H2. The summed E-state index contributed by atoms with van der Waals surface area (Å²) >= 11 is 1.58. The molecule has 4 aromatic rings. The third-order valence-electron chi connectivity index (χ3n) is 4.44. The van der Waals surface area contributed by atoms with Gasteiger partial charge in [-0.25, -0.2) is 4.68 Å². The van der Waals surface area contributed by atoms with Gasteiger partial charge in [0.25, 0.3) is 0 Å². The van der Waals surface area contributed by atoms with Crippen LogP contribution in [0.25, 0.3) is 11.3 Å². The monoisotopic (exact) mass is 399 g/mol. The van der Waals surface area contributed by atoms with E-state index in [0.29, 0.717) is 6.54 Å². The van der Waals surface area contributed by atoms with Crippen LogP contribution in [0.2, 0.25) is 0 Å². The Hall–Kier alpha value is -3.44. The van der Waals surface area contributed by atoms with Crippen molar-refractivity contribution < 1.29 is 5.11 Å². The topological polar surface area (TPSA) is 49.9 Å². The summed E-state index contributed by atoms with van der Waals surface area (Å²) in [6.07, 6.45) is 2.63. The van der Waals surface area contributed by atoms with Crippen molar-refractivity contribution in [3.63, 3.8) is 0 Å². The number of rotatable bonds is 6. The highest BCUT2D eigenvalue weighted by Crippen LogP contribution is 2.19. The number of aromatic hydroxyl groups is 1. The number of benzene rings is 3. The van der Waals surface area contributed by atoms with E-state index in [1.54, 1.807) is 35.8 Å². The largest absolute Gasteiger partial charge is 0.508 e. The Kier molecular flexibility index (Phi) is 5.98. The van der Waals surface area contributed by atoms with Gasteiger partial charge in [-0.2, -0.15) is 5.10 Å². The van der Waals surface area contributed by atoms with Gasteiger partial charge in [0.05, 0.1) is 11.9 Å². The van der Waals surface area contributed by atoms with E-state index in [0.717, 1.165) is 28.0 Å². The lowest BCUT2D eigenvalue weighted by Gasteiger charge is -2.04. The Morgan fingerprint density at radius 1 is 0.897 bits per heavy atom. The molecular weight excluding hydrogens is 378 g/mol. The molecule has 3 aromatic carbocycles. The highest BCUT2D eigenvalue weighted by molar-refractivity contribution is 7.07. The van der Waals surface area contributed by atoms with Crippen molar-refractivity contribution in [2.75, 3.05) is 6.54 Å². The zero-order valence-electron chi connectivity index (χ0n) is 15.8. The summed E-state index contributed by atoms with van der Waals surface area (Å²) in [6.45, 7) is 0.695. The summed E-state index contributed by atoms with van der Waals surface area (Å²) in [6, 6.07) is 27.6. The highest BCUT2D eigenvalue weighted by atomic mass is 32.1. The molecule has 0 radical (unpaired) electrons. The van der Waals surface area contributed by atoms with E-state index >= 15 is 0 Å². The zero-order chi connectivity index (χ0) is 19.9. The van der Waals surface area contributed by atoms with Gasteiger partial charge in [0.15, 0.2) is 0 Å². The molecule has 0 saturated heterocycles. The Bertz CT molecular complexity index is 1160. The number of hydrogen-bond acceptors (Lipinski definition) is 4. The van der Waals surface area contributed by atoms with Crippen LogP contribution in [0.5, 0.6) is 5.75 Å². The van der Waals surface area contributed by atoms with Crippen LogP contribution in [0.4, 0.5) is 0 Å². The molecule has 0 amide bonds. The lowest BCUT2D eigenvalue weighted by Crippen LogP contribution is -2.13. The van der Waals surface area contributed by atoms with Gasteiger partial charge in [0.1, 0.15) is 5.75 Å². The van der Waals surface area contributed by atoms with E-state index < -0.39 is 0 Å². The minimum atomic E-state index is 0.223. The van der Waals surface area contributed by atoms with E-state index in [2.05, 4.69) is 34.7 Å². The molecule has 1 aromatic heterocycles. The lowest BCUT2D eigenvalue weighted by molar-refractivity contribution is 0.475. The minimum absolute atomic E-state index is 0.223. The number of hydrogen-bond donors (Lipinski definition) is 1. The van der Waals surface area contributed by atoms with Gasteiger partial charge in [0, 0.05) is 17.5 Å². The van der Waals surface area contributed by atoms with Crippen LogP contribution in [0.1, 0.15) is 11.1 Å². The quantitative estimate of drug-likeness (QED) is 0.458. The molecule has 1 heterocycles. The molecule has 144 valence electrons. The van der Waals surface area contributed by atoms with Crippen molar-refractivity contribution >= 4 is 17.6 Å². The van der Waals surface area contributed by atoms with Crippen molar-refractivity contribution in [3.8, 4) is 17.0 Å². The summed E-state index contributed by atoms with van der Waals surface area (Å²) in [5.74, 6) is 0.223. The van der Waals surface area contributed by atoms with Gasteiger partial charge >= 0.3 is 0 Å². The molecule has 0 spiro atoms. The molecule has 0 aliphatic carbocycles. The average molecular weight is 400 g/mol. The predicted octanol–water partition coefficient (Wildman–Crippen LogP) is 4.95. The lowest BCUT2D eigenvalue weighted by atomic mass is 10.2. The van der Waals surface area contributed by atoms with Crippen molar-refractivity contribution in [2.24, 2.45) is 10.1 Å². The van der Waals surface area contributed by atoms with Crippen LogP contribution >= 0.6 is 11.3 Å². The van der Waals surface area contributed by atoms with E-state index in [9.17, 15) is 5.11 Å². The maximum atomic E-state index is 9.70. The molecule has 0 unspecified atom stereocenters. The van der Waals surface area contributed by atoms with Gasteiger partial charge in [-0.3, -0.25) is 4.99 Å². The van der Waals surface area contributed by atoms with Crippen molar-refractivity contribution in [3.05, 3.63) is 106 Å². The summed E-state index contributed by atoms with van der Waals surface area (Å²) in [7, 11) is 0. The van der Waals surface area contributed by atoms with Crippen LogP contribution in [0, 0.1) is 0 Å². The fourth-order valence-electron chi connectivity index (χ4n) is 2.98. The fraction of sp³-hybridized carbons (Fsp3) is 0.0833. The van der Waals surface area contributed by atoms with Crippen molar-refractivity contribution in [1.29, 1.82) is 0 Å². The number of aromatic nitrogens is 1. The number of thiazole rings is 1. The van der Waals surface area contributed by atoms with E-state index in [-0.39, 0.29) is 5.75 Å². The molecular formula is C24H21N3OS. The first kappa shape index (κ1) is 18.9. The summed E-state index contributed by atoms with van der Waals surface area (Å²) in [5, 5.41) is 16.5. The normalized spacial score (nSPS) is 11.9. The highest BCUT2D eigenvalue weighted by Gasteiger charge is 2.07. The second kappa shape index (κ2) is 9.17. The molecule has 0 fully saturated rings. The van der Waals surface area contributed by atoms with Crippen LogP contribution in [-0.2, 0) is 6.42 Å². The van der Waals surface area contributed by atoms with Crippen LogP contribution < -0.4 is 4.80 Å². The molecule has 0 atom stereocenters. The molecule has 5 heteroatoms. The molecule has 0 aliphatic rings. The van der Waals surface area contributed by atoms with Gasteiger partial charge in [-0.15, -0.1) is 11.3 Å². The minimum Gasteiger partial charge on any atom is -0.508 e. The molecule has 0 saturated carbocycles. The first-order valence-electron chi connectivity index (χ1n) is 9.43. The van der Waals surface area contributed by atoms with Gasteiger partial charge in [0.2, 0.25) is 4.80 Å². The maximum absolute atomic E-state index is 9.70. The molecule has 0 aliphatic heterocycles. The van der Waals surface area contributed by atoms with Crippen LogP contribution in [-0.4, -0.2) is 22.5 Å². The SMILES string of the molecule is Oc1cccc(C=Nn2c(-c3ccccc3)csc2=NCCc2ccccc2)c1. The van der Waals surface area contributed by atoms with Gasteiger partial charge in [-0.1, -0.05) is 72.8 Å². The van der Waals surface area contributed by atoms with Crippen molar-refractivity contribution in [1.82, 2.24) is 4.68 Å². The smallest absolute Gasteiger partial charge is 0.206 e. The Balaban J connectivity index is 1.67. The maximum Gasteiger partial charge on any atom is 0.206 e. The van der Waals surface area contributed by atoms with Gasteiger partial charge in [-0.05, 0) is 29.7 Å². The van der Waals surface area contributed by atoms with Gasteiger partial charge < -0.3 is 5.11 Å². The van der Waals surface area contributed by atoms with Crippen LogP contribution in [0.3, 0.4) is 0 Å². The molecule has 1 N–H and O–H groups in total. The second-order valence-electron chi connectivity index (χ2n) is 6.54.